The van der Waals surface area contributed by atoms with Crippen molar-refractivity contribution in [3.05, 3.63) is 95.1 Å². The van der Waals surface area contributed by atoms with Gasteiger partial charge in [-0.15, -0.1) is 0 Å². The van der Waals surface area contributed by atoms with Crippen molar-refractivity contribution >= 4 is 27.5 Å². The van der Waals surface area contributed by atoms with Crippen molar-refractivity contribution in [1.82, 2.24) is 10.2 Å². The molecule has 208 valence electrons. The minimum Gasteiger partial charge on any atom is -0.352 e. The summed E-state index contributed by atoms with van der Waals surface area (Å²) < 4.78 is 29.0. The Morgan fingerprint density at radius 3 is 2.13 bits per heavy atom. The average Bonchev–Trinajstić information content (AvgIpc) is 2.92. The standard InChI is InChI=1S/C31H39N3O4S/c1-7-24(4)32-31(36)26(6)33(20-27-18-16-22(2)17-19-27)30(35)21-34(29-15-11-12-23(3)25(29)5)39(37,38)28-13-9-8-10-14-28/h8-19,24,26H,7,20-21H2,1-6H3,(H,32,36)/t24-,26-/m0/s1. The average molecular weight is 550 g/mol. The van der Waals surface area contributed by atoms with Crippen LogP contribution >= 0.6 is 0 Å². The summed E-state index contributed by atoms with van der Waals surface area (Å²) in [6, 6.07) is 20.3. The lowest BCUT2D eigenvalue weighted by Crippen LogP contribution is -2.52. The molecule has 3 aromatic carbocycles. The first-order chi connectivity index (χ1) is 18.4. The Morgan fingerprint density at radius 1 is 0.872 bits per heavy atom. The molecule has 7 nitrogen and oxygen atoms in total. The van der Waals surface area contributed by atoms with Crippen molar-refractivity contribution < 1.29 is 18.0 Å². The number of benzene rings is 3. The second-order valence-corrected chi connectivity index (χ2v) is 11.9. The van der Waals surface area contributed by atoms with Crippen molar-refractivity contribution in [3.63, 3.8) is 0 Å². The van der Waals surface area contributed by atoms with E-state index >= 15 is 0 Å². The Labute approximate surface area is 232 Å². The fraction of sp³-hybridized carbons (Fsp3) is 0.355. The smallest absolute Gasteiger partial charge is 0.264 e. The minimum absolute atomic E-state index is 0.0545. The minimum atomic E-state index is -4.08. The zero-order valence-electron chi connectivity index (χ0n) is 23.6. The molecule has 0 heterocycles. The van der Waals surface area contributed by atoms with Crippen molar-refractivity contribution in [2.24, 2.45) is 0 Å². The van der Waals surface area contributed by atoms with Crippen molar-refractivity contribution in [1.29, 1.82) is 0 Å². The van der Waals surface area contributed by atoms with Gasteiger partial charge < -0.3 is 10.2 Å². The molecule has 39 heavy (non-hydrogen) atoms. The van der Waals surface area contributed by atoms with Crippen LogP contribution in [0, 0.1) is 20.8 Å². The quantitative estimate of drug-likeness (QED) is 0.359. The molecule has 0 saturated carbocycles. The van der Waals surface area contributed by atoms with Gasteiger partial charge in [-0.2, -0.15) is 0 Å². The fourth-order valence-corrected chi connectivity index (χ4v) is 5.67. The van der Waals surface area contributed by atoms with Crippen LogP contribution in [0.4, 0.5) is 5.69 Å². The number of carbonyl (C=O) groups is 2. The molecule has 0 radical (unpaired) electrons. The third-order valence-corrected chi connectivity index (χ3v) is 8.87. The van der Waals surface area contributed by atoms with Gasteiger partial charge in [-0.1, -0.05) is 67.1 Å². The van der Waals surface area contributed by atoms with Crippen LogP contribution in [-0.2, 0) is 26.2 Å². The van der Waals surface area contributed by atoms with Gasteiger partial charge in [-0.05, 0) is 75.9 Å². The highest BCUT2D eigenvalue weighted by Gasteiger charge is 2.33. The predicted octanol–water partition coefficient (Wildman–Crippen LogP) is 5.14. The SMILES string of the molecule is CC[C@H](C)NC(=O)[C@H](C)N(Cc1ccc(C)cc1)C(=O)CN(c1cccc(C)c1C)S(=O)(=O)c1ccccc1. The normalized spacial score (nSPS) is 12.9. The van der Waals surface area contributed by atoms with Gasteiger partial charge >= 0.3 is 0 Å². The highest BCUT2D eigenvalue weighted by Crippen LogP contribution is 2.29. The molecule has 8 heteroatoms. The first kappa shape index (κ1) is 29.9. The lowest BCUT2D eigenvalue weighted by molar-refractivity contribution is -0.139. The second-order valence-electron chi connectivity index (χ2n) is 10.0. The lowest BCUT2D eigenvalue weighted by atomic mass is 10.1. The molecule has 0 saturated heterocycles. The van der Waals surface area contributed by atoms with E-state index in [0.29, 0.717) is 5.69 Å². The Hall–Kier alpha value is -3.65. The zero-order valence-corrected chi connectivity index (χ0v) is 24.5. The third kappa shape index (κ3) is 7.26. The van der Waals surface area contributed by atoms with E-state index < -0.39 is 28.5 Å². The summed E-state index contributed by atoms with van der Waals surface area (Å²) in [6.07, 6.45) is 0.750. The van der Waals surface area contributed by atoms with Gasteiger partial charge in [-0.25, -0.2) is 8.42 Å². The Morgan fingerprint density at radius 2 is 1.51 bits per heavy atom. The van der Waals surface area contributed by atoms with Crippen LogP contribution in [0.15, 0.2) is 77.7 Å². The number of nitrogens with zero attached hydrogens (tertiary/aromatic N) is 2. The van der Waals surface area contributed by atoms with Crippen molar-refractivity contribution in [2.75, 3.05) is 10.8 Å². The first-order valence-corrected chi connectivity index (χ1v) is 14.7. The summed E-state index contributed by atoms with van der Waals surface area (Å²) in [5.74, 6) is -0.753. The second kappa shape index (κ2) is 12.9. The molecule has 2 amide bonds. The summed E-state index contributed by atoms with van der Waals surface area (Å²) in [4.78, 5) is 28.7. The number of aryl methyl sites for hydroxylation is 2. The van der Waals surface area contributed by atoms with Crippen LogP contribution in [-0.4, -0.2) is 43.8 Å². The molecule has 3 rings (SSSR count). The van der Waals surface area contributed by atoms with Gasteiger partial charge in [0.25, 0.3) is 10.0 Å². The van der Waals surface area contributed by atoms with Crippen LogP contribution in [0.5, 0.6) is 0 Å². The van der Waals surface area contributed by atoms with Crippen LogP contribution in [0.3, 0.4) is 0 Å². The summed E-state index contributed by atoms with van der Waals surface area (Å²) in [5, 5.41) is 2.95. The van der Waals surface area contributed by atoms with E-state index in [9.17, 15) is 18.0 Å². The Kier molecular flexibility index (Phi) is 9.92. The number of anilines is 1. The van der Waals surface area contributed by atoms with E-state index in [1.807, 2.05) is 65.0 Å². The van der Waals surface area contributed by atoms with Crippen LogP contribution in [0.1, 0.15) is 49.4 Å². The molecule has 1 N–H and O–H groups in total. The molecule has 3 aromatic rings. The predicted molar refractivity (Wildman–Crippen MR) is 156 cm³/mol. The summed E-state index contributed by atoms with van der Waals surface area (Å²) in [6.45, 7) is 11.0. The summed E-state index contributed by atoms with van der Waals surface area (Å²) >= 11 is 0. The van der Waals surface area contributed by atoms with Gasteiger partial charge in [-0.3, -0.25) is 13.9 Å². The summed E-state index contributed by atoms with van der Waals surface area (Å²) in [7, 11) is -4.08. The van der Waals surface area contributed by atoms with Crippen LogP contribution in [0.25, 0.3) is 0 Å². The number of sulfonamides is 1. The molecule has 0 aliphatic carbocycles. The summed E-state index contributed by atoms with van der Waals surface area (Å²) in [5.41, 5.74) is 4.03. The van der Waals surface area contributed by atoms with E-state index in [0.717, 1.165) is 33.0 Å². The monoisotopic (exact) mass is 549 g/mol. The highest BCUT2D eigenvalue weighted by molar-refractivity contribution is 7.92. The fourth-order valence-electron chi connectivity index (χ4n) is 4.18. The maximum absolute atomic E-state index is 14.0. The molecular weight excluding hydrogens is 510 g/mol. The molecule has 0 aromatic heterocycles. The number of hydrogen-bond acceptors (Lipinski definition) is 4. The van der Waals surface area contributed by atoms with E-state index in [1.165, 1.54) is 17.0 Å². The highest BCUT2D eigenvalue weighted by atomic mass is 32.2. The van der Waals surface area contributed by atoms with Gasteiger partial charge in [0, 0.05) is 12.6 Å². The van der Waals surface area contributed by atoms with E-state index in [4.69, 9.17) is 0 Å². The van der Waals surface area contributed by atoms with Crippen molar-refractivity contribution in [3.8, 4) is 0 Å². The topological polar surface area (TPSA) is 86.8 Å². The Bertz CT molecular complexity index is 1390. The third-order valence-electron chi connectivity index (χ3n) is 7.10. The number of amides is 2. The molecule has 2 atom stereocenters. The molecular formula is C31H39N3O4S. The molecule has 0 unspecified atom stereocenters. The maximum atomic E-state index is 14.0. The molecule has 0 aliphatic rings. The van der Waals surface area contributed by atoms with E-state index in [1.54, 1.807) is 37.3 Å². The van der Waals surface area contributed by atoms with E-state index in [-0.39, 0.29) is 23.4 Å². The number of hydrogen-bond donors (Lipinski definition) is 1. The van der Waals surface area contributed by atoms with Crippen LogP contribution < -0.4 is 9.62 Å². The molecule has 0 spiro atoms. The van der Waals surface area contributed by atoms with Gasteiger partial charge in [0.05, 0.1) is 10.6 Å². The zero-order chi connectivity index (χ0) is 28.7. The maximum Gasteiger partial charge on any atom is 0.264 e. The molecule has 0 bridgehead atoms. The molecule has 0 fully saturated rings. The van der Waals surface area contributed by atoms with Gasteiger partial charge in [0.15, 0.2) is 0 Å². The van der Waals surface area contributed by atoms with Gasteiger partial charge in [0.2, 0.25) is 11.8 Å². The van der Waals surface area contributed by atoms with E-state index in [2.05, 4.69) is 5.32 Å². The first-order valence-electron chi connectivity index (χ1n) is 13.2. The van der Waals surface area contributed by atoms with Crippen molar-refractivity contribution in [2.45, 2.75) is 71.5 Å². The lowest BCUT2D eigenvalue weighted by Gasteiger charge is -2.33. The Balaban J connectivity index is 2.05. The number of nitrogens with one attached hydrogen (secondary N) is 1. The number of carbonyl (C=O) groups excluding carboxylic acids is 2. The van der Waals surface area contributed by atoms with Crippen LogP contribution in [0.2, 0.25) is 0 Å². The largest absolute Gasteiger partial charge is 0.352 e. The molecule has 0 aliphatic heterocycles. The number of rotatable bonds is 11. The van der Waals surface area contributed by atoms with Gasteiger partial charge in [0.1, 0.15) is 12.6 Å².